The zero-order chi connectivity index (χ0) is 24.0. The molecule has 0 saturated heterocycles. The molecule has 0 fully saturated rings. The van der Waals surface area contributed by atoms with Crippen LogP contribution in [0.5, 0.6) is 5.75 Å². The molecule has 0 unspecified atom stereocenters. The molecule has 0 saturated carbocycles. The number of carbonyl (C=O) groups is 1. The normalized spacial score (nSPS) is 11.5. The number of carbonyl (C=O) groups excluding carboxylic acids is 1. The second-order valence-electron chi connectivity index (χ2n) is 7.81. The van der Waals surface area contributed by atoms with Gasteiger partial charge in [-0.05, 0) is 55.2 Å². The maximum atomic E-state index is 13.5. The number of hydrogen-bond acceptors (Lipinski definition) is 5. The van der Waals surface area contributed by atoms with E-state index in [1.54, 1.807) is 33.1 Å². The summed E-state index contributed by atoms with van der Waals surface area (Å²) in [5, 5.41) is 0. The number of esters is 1. The molecule has 1 aromatic heterocycles. The Morgan fingerprint density at radius 2 is 1.64 bits per heavy atom. The van der Waals surface area contributed by atoms with Gasteiger partial charge in [-0.2, -0.15) is 4.31 Å². The number of H-pyrrole nitrogens is 1. The Hall–Kier alpha value is -3.10. The largest absolute Gasteiger partial charge is 0.497 e. The van der Waals surface area contributed by atoms with Gasteiger partial charge in [-0.25, -0.2) is 13.2 Å². The van der Waals surface area contributed by atoms with Crippen LogP contribution >= 0.6 is 0 Å². The number of aromatic amines is 1. The first-order valence-electron chi connectivity index (χ1n) is 10.7. The van der Waals surface area contributed by atoms with Gasteiger partial charge in [0.2, 0.25) is 10.0 Å². The van der Waals surface area contributed by atoms with Gasteiger partial charge < -0.3 is 14.5 Å². The van der Waals surface area contributed by atoms with Crippen molar-refractivity contribution in [1.82, 2.24) is 9.29 Å². The molecule has 0 amide bonds. The van der Waals surface area contributed by atoms with Gasteiger partial charge in [0.15, 0.2) is 0 Å². The van der Waals surface area contributed by atoms with E-state index in [2.05, 4.69) is 4.98 Å². The Balaban J connectivity index is 1.95. The van der Waals surface area contributed by atoms with Crippen LogP contribution in [0.4, 0.5) is 0 Å². The van der Waals surface area contributed by atoms with Crippen LogP contribution in [0.2, 0.25) is 0 Å². The topological polar surface area (TPSA) is 88.7 Å². The SMILES string of the molecule is CCOC(=O)c1[nH]c(C)c(CN(Cc2ccc(OC)cc2)S(=O)(=O)Cc2ccccc2)c1C. The highest BCUT2D eigenvalue weighted by molar-refractivity contribution is 7.88. The third-order valence-corrected chi connectivity index (χ3v) is 7.25. The van der Waals surface area contributed by atoms with E-state index in [0.29, 0.717) is 22.6 Å². The Kier molecular flexibility index (Phi) is 7.94. The Morgan fingerprint density at radius 1 is 0.970 bits per heavy atom. The van der Waals surface area contributed by atoms with Gasteiger partial charge in [0.25, 0.3) is 0 Å². The Morgan fingerprint density at radius 3 is 2.24 bits per heavy atom. The van der Waals surface area contributed by atoms with Crippen LogP contribution in [0.3, 0.4) is 0 Å². The maximum Gasteiger partial charge on any atom is 0.355 e. The lowest BCUT2D eigenvalue weighted by Crippen LogP contribution is -2.31. The van der Waals surface area contributed by atoms with Gasteiger partial charge in [0, 0.05) is 18.8 Å². The smallest absolute Gasteiger partial charge is 0.355 e. The van der Waals surface area contributed by atoms with Crippen LogP contribution in [-0.4, -0.2) is 37.4 Å². The Labute approximate surface area is 195 Å². The number of rotatable bonds is 10. The van der Waals surface area contributed by atoms with Crippen molar-refractivity contribution < 1.29 is 22.7 Å². The second-order valence-corrected chi connectivity index (χ2v) is 9.78. The van der Waals surface area contributed by atoms with Gasteiger partial charge in [-0.3, -0.25) is 0 Å². The van der Waals surface area contributed by atoms with Crippen molar-refractivity contribution >= 4 is 16.0 Å². The van der Waals surface area contributed by atoms with E-state index < -0.39 is 16.0 Å². The minimum Gasteiger partial charge on any atom is -0.497 e. The molecule has 3 rings (SSSR count). The van der Waals surface area contributed by atoms with Gasteiger partial charge >= 0.3 is 5.97 Å². The van der Waals surface area contributed by atoms with Gasteiger partial charge in [-0.1, -0.05) is 42.5 Å². The number of aryl methyl sites for hydroxylation is 1. The fraction of sp³-hybridized carbons (Fsp3) is 0.320. The number of ether oxygens (including phenoxy) is 2. The average molecular weight is 471 g/mol. The third kappa shape index (κ3) is 6.03. The van der Waals surface area contributed by atoms with Crippen molar-refractivity contribution in [3.05, 3.63) is 88.2 Å². The number of methoxy groups -OCH3 is 1. The molecule has 0 aliphatic heterocycles. The summed E-state index contributed by atoms with van der Waals surface area (Å²) in [7, 11) is -2.08. The summed E-state index contributed by atoms with van der Waals surface area (Å²) in [5.41, 5.74) is 4.11. The lowest BCUT2D eigenvalue weighted by molar-refractivity contribution is 0.0519. The van der Waals surface area contributed by atoms with Crippen molar-refractivity contribution in [3.63, 3.8) is 0 Å². The lowest BCUT2D eigenvalue weighted by atomic mass is 10.1. The summed E-state index contributed by atoms with van der Waals surface area (Å²) in [6, 6.07) is 16.4. The van der Waals surface area contributed by atoms with E-state index in [-0.39, 0.29) is 25.4 Å². The Bertz CT molecular complexity index is 1190. The molecule has 1 N–H and O–H groups in total. The highest BCUT2D eigenvalue weighted by atomic mass is 32.2. The first kappa shape index (κ1) is 24.5. The van der Waals surface area contributed by atoms with Crippen LogP contribution in [0.1, 0.15) is 45.4 Å². The zero-order valence-corrected chi connectivity index (χ0v) is 20.2. The summed E-state index contributed by atoms with van der Waals surface area (Å²) >= 11 is 0. The van der Waals surface area contributed by atoms with Crippen LogP contribution < -0.4 is 4.74 Å². The number of benzene rings is 2. The number of hydrogen-bond donors (Lipinski definition) is 1. The predicted octanol–water partition coefficient (Wildman–Crippen LogP) is 4.35. The summed E-state index contributed by atoms with van der Waals surface area (Å²) in [6.07, 6.45) is 0. The molecule has 0 bridgehead atoms. The molecule has 0 atom stereocenters. The van der Waals surface area contributed by atoms with E-state index in [1.807, 2.05) is 49.4 Å². The summed E-state index contributed by atoms with van der Waals surface area (Å²) in [5.74, 6) is 0.143. The summed E-state index contributed by atoms with van der Waals surface area (Å²) < 4.78 is 38.8. The maximum absolute atomic E-state index is 13.5. The minimum absolute atomic E-state index is 0.114. The fourth-order valence-electron chi connectivity index (χ4n) is 3.67. The van der Waals surface area contributed by atoms with Crippen LogP contribution in [-0.2, 0) is 33.6 Å². The van der Waals surface area contributed by atoms with E-state index in [4.69, 9.17) is 9.47 Å². The molecule has 8 heteroatoms. The first-order valence-corrected chi connectivity index (χ1v) is 12.4. The monoisotopic (exact) mass is 470 g/mol. The van der Waals surface area contributed by atoms with Crippen LogP contribution in [0.25, 0.3) is 0 Å². The van der Waals surface area contributed by atoms with E-state index in [9.17, 15) is 13.2 Å². The third-order valence-electron chi connectivity index (χ3n) is 5.51. The molecule has 176 valence electrons. The van der Waals surface area contributed by atoms with Crippen molar-refractivity contribution in [3.8, 4) is 5.75 Å². The molecule has 0 radical (unpaired) electrons. The molecule has 0 aliphatic rings. The number of nitrogens with zero attached hydrogens (tertiary/aromatic N) is 1. The van der Waals surface area contributed by atoms with Crippen LogP contribution in [0, 0.1) is 13.8 Å². The zero-order valence-electron chi connectivity index (χ0n) is 19.4. The van der Waals surface area contributed by atoms with Crippen molar-refractivity contribution in [2.24, 2.45) is 0 Å². The number of sulfonamides is 1. The highest BCUT2D eigenvalue weighted by Crippen LogP contribution is 2.25. The van der Waals surface area contributed by atoms with Crippen molar-refractivity contribution in [2.45, 2.75) is 39.6 Å². The lowest BCUT2D eigenvalue weighted by Gasteiger charge is -2.23. The molecular formula is C25H30N2O5S. The van der Waals surface area contributed by atoms with E-state index in [1.165, 1.54) is 4.31 Å². The molecule has 2 aromatic carbocycles. The molecule has 1 heterocycles. The van der Waals surface area contributed by atoms with Gasteiger partial charge in [0.1, 0.15) is 11.4 Å². The highest BCUT2D eigenvalue weighted by Gasteiger charge is 2.27. The van der Waals surface area contributed by atoms with Crippen LogP contribution in [0.15, 0.2) is 54.6 Å². The standard InChI is InChI=1S/C25H30N2O5S/c1-5-32-25(28)24-18(2)23(19(3)26-24)16-27(15-20-11-13-22(31-4)14-12-20)33(29,30)17-21-9-7-6-8-10-21/h6-14,26H,5,15-17H2,1-4H3. The number of nitrogens with one attached hydrogen (secondary N) is 1. The quantitative estimate of drug-likeness (QED) is 0.445. The van der Waals surface area contributed by atoms with Crippen molar-refractivity contribution in [1.29, 1.82) is 0 Å². The molecular weight excluding hydrogens is 440 g/mol. The molecule has 0 spiro atoms. The number of aromatic nitrogens is 1. The molecule has 33 heavy (non-hydrogen) atoms. The van der Waals surface area contributed by atoms with E-state index >= 15 is 0 Å². The summed E-state index contributed by atoms with van der Waals surface area (Å²) in [6.45, 7) is 5.98. The minimum atomic E-state index is -3.67. The summed E-state index contributed by atoms with van der Waals surface area (Å²) in [4.78, 5) is 15.4. The molecule has 3 aromatic rings. The fourth-order valence-corrected chi connectivity index (χ4v) is 5.14. The second kappa shape index (κ2) is 10.7. The molecule has 0 aliphatic carbocycles. The first-order chi connectivity index (χ1) is 15.7. The predicted molar refractivity (Wildman–Crippen MR) is 128 cm³/mol. The molecule has 7 nitrogen and oxygen atoms in total. The van der Waals surface area contributed by atoms with E-state index in [0.717, 1.165) is 16.8 Å². The van der Waals surface area contributed by atoms with Gasteiger partial charge in [-0.15, -0.1) is 0 Å². The van der Waals surface area contributed by atoms with Gasteiger partial charge in [0.05, 0.1) is 19.5 Å². The average Bonchev–Trinajstić information content (AvgIpc) is 3.08. The van der Waals surface area contributed by atoms with Crippen molar-refractivity contribution in [2.75, 3.05) is 13.7 Å².